The van der Waals surface area contributed by atoms with Gasteiger partial charge in [-0.05, 0) is 31.2 Å². The van der Waals surface area contributed by atoms with E-state index in [1.54, 1.807) is 12.1 Å². The van der Waals surface area contributed by atoms with Gasteiger partial charge in [0.15, 0.2) is 13.2 Å². The van der Waals surface area contributed by atoms with Crippen LogP contribution in [0.2, 0.25) is 0 Å². The number of H-pyrrole nitrogens is 2. The minimum absolute atomic E-state index is 0.0987. The Bertz CT molecular complexity index is 1190. The van der Waals surface area contributed by atoms with Crippen LogP contribution in [-0.4, -0.2) is 41.2 Å². The molecule has 0 aliphatic heterocycles. The zero-order valence-corrected chi connectivity index (χ0v) is 15.2. The van der Waals surface area contributed by atoms with Gasteiger partial charge in [-0.3, -0.25) is 0 Å². The number of tetrazole rings is 2. The van der Waals surface area contributed by atoms with Crippen molar-refractivity contribution in [1.29, 1.82) is 0 Å². The molecule has 0 atom stereocenters. The first-order valence-corrected chi connectivity index (χ1v) is 9.11. The number of nitrogens with one attached hydrogen (secondary N) is 2. The Morgan fingerprint density at radius 1 is 0.931 bits per heavy atom. The van der Waals surface area contributed by atoms with Gasteiger partial charge in [0.2, 0.25) is 11.6 Å². The smallest absolute Gasteiger partial charge is 0.339 e. The fourth-order valence-corrected chi connectivity index (χ4v) is 3.49. The molecule has 4 aromatic rings. The van der Waals surface area contributed by atoms with Crippen LogP contribution < -0.4 is 15.1 Å². The van der Waals surface area contributed by atoms with Gasteiger partial charge in [0.25, 0.3) is 0 Å². The van der Waals surface area contributed by atoms with Crippen molar-refractivity contribution in [3.63, 3.8) is 0 Å². The van der Waals surface area contributed by atoms with Gasteiger partial charge in [0.1, 0.15) is 17.1 Å². The summed E-state index contributed by atoms with van der Waals surface area (Å²) in [5.41, 5.74) is 1.78. The summed E-state index contributed by atoms with van der Waals surface area (Å²) >= 11 is 0. The molecular formula is C17H16N8O4. The maximum Gasteiger partial charge on any atom is 0.339 e. The average molecular weight is 396 g/mol. The average Bonchev–Trinajstić information content (AvgIpc) is 3.44. The molecule has 5 rings (SSSR count). The fourth-order valence-electron chi connectivity index (χ4n) is 3.49. The Balaban J connectivity index is 1.57. The normalized spacial score (nSPS) is 13.4. The fraction of sp³-hybridized carbons (Fsp3) is 0.353. The Morgan fingerprint density at radius 2 is 1.62 bits per heavy atom. The van der Waals surface area contributed by atoms with E-state index < -0.39 is 0 Å². The summed E-state index contributed by atoms with van der Waals surface area (Å²) < 4.78 is 17.3. The lowest BCUT2D eigenvalue weighted by atomic mass is 9.90. The first kappa shape index (κ1) is 17.3. The quantitative estimate of drug-likeness (QED) is 0.448. The lowest BCUT2D eigenvalue weighted by molar-refractivity contribution is 0.282. The number of nitrogens with zero attached hydrogens (tertiary/aromatic N) is 6. The number of aryl methyl sites for hydroxylation is 1. The van der Waals surface area contributed by atoms with E-state index in [4.69, 9.17) is 13.9 Å². The molecule has 0 radical (unpaired) electrons. The number of aromatic amines is 2. The molecule has 3 aromatic heterocycles. The summed E-state index contributed by atoms with van der Waals surface area (Å²) in [7, 11) is 0. The molecule has 12 heteroatoms. The van der Waals surface area contributed by atoms with Gasteiger partial charge in [-0.2, -0.15) is 10.4 Å². The summed E-state index contributed by atoms with van der Waals surface area (Å²) in [4.78, 5) is 12.5. The molecule has 3 heterocycles. The van der Waals surface area contributed by atoms with E-state index in [1.807, 2.05) is 0 Å². The number of ether oxygens (including phenoxy) is 2. The summed E-state index contributed by atoms with van der Waals surface area (Å²) in [6.45, 7) is 0.204. The van der Waals surface area contributed by atoms with Crippen LogP contribution in [0.1, 0.15) is 35.6 Å². The predicted octanol–water partition coefficient (Wildman–Crippen LogP) is 0.856. The van der Waals surface area contributed by atoms with Gasteiger partial charge in [-0.25, -0.2) is 4.79 Å². The molecule has 12 nitrogen and oxygen atoms in total. The summed E-state index contributed by atoms with van der Waals surface area (Å²) in [6, 6.07) is 3.42. The maximum atomic E-state index is 12.5. The third-order valence-corrected chi connectivity index (χ3v) is 4.76. The zero-order chi connectivity index (χ0) is 19.6. The Hall–Kier alpha value is -3.83. The number of hydrogen-bond acceptors (Lipinski definition) is 10. The summed E-state index contributed by atoms with van der Waals surface area (Å²) in [6.07, 6.45) is 3.47. The topological polar surface area (TPSA) is 158 Å². The van der Waals surface area contributed by atoms with E-state index in [2.05, 4.69) is 41.2 Å². The van der Waals surface area contributed by atoms with Crippen molar-refractivity contribution in [2.75, 3.05) is 0 Å². The molecule has 0 spiro atoms. The van der Waals surface area contributed by atoms with E-state index in [9.17, 15) is 4.79 Å². The standard InChI is InChI=1S/C17H16N8O4/c26-17-11-4-2-1-3-10(11)16-12(28-8-15-20-24-25-21-15)5-9(6-13(16)29-17)27-7-14-18-22-23-19-14/h5-6H,1-4,7-8H2,(H,18,19,22,23)(H,20,21,24,25). The summed E-state index contributed by atoms with van der Waals surface area (Å²) in [5.74, 6) is 1.77. The molecule has 0 unspecified atom stereocenters. The third-order valence-electron chi connectivity index (χ3n) is 4.76. The first-order valence-electron chi connectivity index (χ1n) is 9.11. The van der Waals surface area contributed by atoms with Gasteiger partial charge in [0.05, 0.1) is 5.39 Å². The van der Waals surface area contributed by atoms with E-state index >= 15 is 0 Å². The van der Waals surface area contributed by atoms with Crippen molar-refractivity contribution in [3.8, 4) is 11.5 Å². The number of rotatable bonds is 6. The zero-order valence-electron chi connectivity index (χ0n) is 15.2. The van der Waals surface area contributed by atoms with Crippen LogP contribution in [0.15, 0.2) is 21.3 Å². The van der Waals surface area contributed by atoms with Crippen LogP contribution in [0.25, 0.3) is 11.0 Å². The van der Waals surface area contributed by atoms with Crippen LogP contribution in [0.5, 0.6) is 11.5 Å². The molecule has 0 bridgehead atoms. The van der Waals surface area contributed by atoms with Gasteiger partial charge in [-0.1, -0.05) is 10.4 Å². The molecule has 2 N–H and O–H groups in total. The van der Waals surface area contributed by atoms with E-state index in [0.717, 1.165) is 30.2 Å². The Kier molecular flexibility index (Phi) is 4.35. The second-order valence-electron chi connectivity index (χ2n) is 6.58. The Labute approximate surface area is 162 Å². The van der Waals surface area contributed by atoms with Crippen molar-refractivity contribution >= 4 is 11.0 Å². The van der Waals surface area contributed by atoms with Crippen LogP contribution >= 0.6 is 0 Å². The highest BCUT2D eigenvalue weighted by molar-refractivity contribution is 5.89. The molecule has 1 aliphatic carbocycles. The monoisotopic (exact) mass is 396 g/mol. The first-order chi connectivity index (χ1) is 14.3. The lowest BCUT2D eigenvalue weighted by Gasteiger charge is -2.19. The molecule has 148 valence electrons. The molecule has 0 saturated heterocycles. The maximum absolute atomic E-state index is 12.5. The molecule has 0 amide bonds. The lowest BCUT2D eigenvalue weighted by Crippen LogP contribution is -2.16. The van der Waals surface area contributed by atoms with Crippen molar-refractivity contribution in [2.45, 2.75) is 38.9 Å². The minimum Gasteiger partial charge on any atom is -0.485 e. The van der Waals surface area contributed by atoms with Gasteiger partial charge >= 0.3 is 5.63 Å². The molecule has 0 saturated carbocycles. The van der Waals surface area contributed by atoms with Crippen LogP contribution in [-0.2, 0) is 26.1 Å². The minimum atomic E-state index is -0.313. The third kappa shape index (κ3) is 3.39. The highest BCUT2D eigenvalue weighted by Gasteiger charge is 2.22. The van der Waals surface area contributed by atoms with Crippen LogP contribution in [0, 0.1) is 0 Å². The number of benzene rings is 1. The van der Waals surface area contributed by atoms with Gasteiger partial charge < -0.3 is 13.9 Å². The Morgan fingerprint density at radius 3 is 2.31 bits per heavy atom. The van der Waals surface area contributed by atoms with E-state index in [0.29, 0.717) is 40.7 Å². The molecule has 29 heavy (non-hydrogen) atoms. The highest BCUT2D eigenvalue weighted by Crippen LogP contribution is 2.37. The van der Waals surface area contributed by atoms with Gasteiger partial charge in [-0.15, -0.1) is 20.4 Å². The molecule has 1 aliphatic rings. The SMILES string of the molecule is O=c1oc2cc(OCc3nn[nH]n3)cc(OCc3nn[nH]n3)c2c2c1CCCC2. The van der Waals surface area contributed by atoms with Crippen molar-refractivity contribution in [3.05, 3.63) is 45.3 Å². The highest BCUT2D eigenvalue weighted by atomic mass is 16.5. The number of aromatic nitrogens is 8. The summed E-state index contributed by atoms with van der Waals surface area (Å²) in [5, 5.41) is 28.1. The number of fused-ring (bicyclic) bond motifs is 3. The van der Waals surface area contributed by atoms with Crippen molar-refractivity contribution in [2.24, 2.45) is 0 Å². The molecule has 0 fully saturated rings. The second kappa shape index (κ2) is 7.30. The number of hydrogen-bond donors (Lipinski definition) is 2. The largest absolute Gasteiger partial charge is 0.485 e. The second-order valence-corrected chi connectivity index (χ2v) is 6.58. The van der Waals surface area contributed by atoms with Gasteiger partial charge in [0, 0.05) is 17.7 Å². The van der Waals surface area contributed by atoms with Crippen molar-refractivity contribution in [1.82, 2.24) is 41.2 Å². The van der Waals surface area contributed by atoms with Crippen LogP contribution in [0.3, 0.4) is 0 Å². The van der Waals surface area contributed by atoms with E-state index in [1.165, 1.54) is 0 Å². The van der Waals surface area contributed by atoms with Crippen molar-refractivity contribution < 1.29 is 13.9 Å². The van der Waals surface area contributed by atoms with E-state index in [-0.39, 0.29) is 18.8 Å². The molecule has 1 aromatic carbocycles. The van der Waals surface area contributed by atoms with Crippen LogP contribution in [0.4, 0.5) is 0 Å². The predicted molar refractivity (Wildman–Crippen MR) is 96.1 cm³/mol. The molecular weight excluding hydrogens is 380 g/mol.